The van der Waals surface area contributed by atoms with Crippen molar-refractivity contribution in [3.8, 4) is 10.7 Å². The molecule has 74 valence electrons. The average Bonchev–Trinajstić information content (AvgIpc) is 2.69. The van der Waals surface area contributed by atoms with Gasteiger partial charge in [-0.15, -0.1) is 11.3 Å². The van der Waals surface area contributed by atoms with Crippen LogP contribution in [0.3, 0.4) is 0 Å². The van der Waals surface area contributed by atoms with E-state index in [1.165, 1.54) is 0 Å². The average molecular weight is 210 g/mol. The van der Waals surface area contributed by atoms with E-state index >= 15 is 0 Å². The third kappa shape index (κ3) is 2.00. The molecule has 0 bridgehead atoms. The molecule has 2 aromatic heterocycles. The molecule has 14 heavy (non-hydrogen) atoms. The quantitative estimate of drug-likeness (QED) is 0.838. The van der Waals surface area contributed by atoms with Crippen molar-refractivity contribution in [1.82, 2.24) is 10.1 Å². The van der Waals surface area contributed by atoms with Crippen LogP contribution in [0.2, 0.25) is 0 Å². The van der Waals surface area contributed by atoms with Gasteiger partial charge in [-0.25, -0.2) is 0 Å². The van der Waals surface area contributed by atoms with Gasteiger partial charge < -0.3 is 9.63 Å². The Morgan fingerprint density at radius 2 is 2.50 bits per heavy atom. The molecule has 0 saturated heterocycles. The summed E-state index contributed by atoms with van der Waals surface area (Å²) in [5, 5.41) is 14.9. The maximum Gasteiger partial charge on any atom is 0.229 e. The minimum Gasteiger partial charge on any atom is -0.393 e. The molecule has 0 fully saturated rings. The van der Waals surface area contributed by atoms with E-state index in [0.717, 1.165) is 4.88 Å². The molecule has 0 spiro atoms. The highest BCUT2D eigenvalue weighted by Crippen LogP contribution is 2.21. The van der Waals surface area contributed by atoms with E-state index in [4.69, 9.17) is 9.63 Å². The molecule has 1 atom stereocenters. The number of hydrogen-bond donors (Lipinski definition) is 1. The van der Waals surface area contributed by atoms with Gasteiger partial charge in [0.2, 0.25) is 11.7 Å². The molecule has 0 saturated carbocycles. The summed E-state index contributed by atoms with van der Waals surface area (Å²) in [7, 11) is 0. The minimum atomic E-state index is -0.452. The normalized spacial score (nSPS) is 13.0. The Morgan fingerprint density at radius 1 is 1.64 bits per heavy atom. The van der Waals surface area contributed by atoms with Gasteiger partial charge in [-0.2, -0.15) is 4.98 Å². The molecule has 2 heterocycles. The predicted molar refractivity (Wildman–Crippen MR) is 53.0 cm³/mol. The van der Waals surface area contributed by atoms with Crippen LogP contribution in [0.15, 0.2) is 22.0 Å². The Hall–Kier alpha value is -1.20. The Balaban J connectivity index is 2.18. The second-order valence-corrected chi connectivity index (χ2v) is 3.99. The van der Waals surface area contributed by atoms with Crippen LogP contribution >= 0.6 is 11.3 Å². The molecular weight excluding hydrogens is 200 g/mol. The summed E-state index contributed by atoms with van der Waals surface area (Å²) in [6.07, 6.45) is -0.0510. The standard InChI is InChI=1S/C9H10N2O2S/c1-6(12)5-8-10-9(11-13-8)7-3-2-4-14-7/h2-4,6,12H,5H2,1H3. The fraction of sp³-hybridized carbons (Fsp3) is 0.333. The summed E-state index contributed by atoms with van der Waals surface area (Å²) in [6, 6.07) is 3.87. The zero-order valence-electron chi connectivity index (χ0n) is 7.67. The predicted octanol–water partition coefficient (Wildman–Crippen LogP) is 1.72. The van der Waals surface area contributed by atoms with Gasteiger partial charge in [0.1, 0.15) is 0 Å². The third-order valence-electron chi connectivity index (χ3n) is 1.68. The number of nitrogens with zero attached hydrogens (tertiary/aromatic N) is 2. The van der Waals surface area contributed by atoms with Crippen molar-refractivity contribution in [2.45, 2.75) is 19.4 Å². The third-order valence-corrected chi connectivity index (χ3v) is 2.55. The number of rotatable bonds is 3. The van der Waals surface area contributed by atoms with Crippen molar-refractivity contribution < 1.29 is 9.63 Å². The van der Waals surface area contributed by atoms with Crippen LogP contribution < -0.4 is 0 Å². The molecule has 0 aliphatic heterocycles. The van der Waals surface area contributed by atoms with Gasteiger partial charge >= 0.3 is 0 Å². The van der Waals surface area contributed by atoms with Gasteiger partial charge in [0.15, 0.2) is 0 Å². The molecule has 4 nitrogen and oxygen atoms in total. The Morgan fingerprint density at radius 3 is 3.14 bits per heavy atom. The molecule has 1 unspecified atom stereocenters. The molecule has 0 radical (unpaired) electrons. The van der Waals surface area contributed by atoms with Gasteiger partial charge in [-0.05, 0) is 18.4 Å². The second kappa shape index (κ2) is 3.89. The zero-order chi connectivity index (χ0) is 9.97. The van der Waals surface area contributed by atoms with Crippen molar-refractivity contribution in [3.05, 3.63) is 23.4 Å². The van der Waals surface area contributed by atoms with Crippen LogP contribution in [0, 0.1) is 0 Å². The van der Waals surface area contributed by atoms with Crippen LogP contribution in [0.25, 0.3) is 10.7 Å². The fourth-order valence-electron chi connectivity index (χ4n) is 1.10. The SMILES string of the molecule is CC(O)Cc1nc(-c2cccs2)no1. The van der Waals surface area contributed by atoms with Crippen molar-refractivity contribution in [2.75, 3.05) is 0 Å². The Labute approximate surface area is 85.2 Å². The van der Waals surface area contributed by atoms with Gasteiger partial charge in [-0.3, -0.25) is 0 Å². The number of thiophene rings is 1. The minimum absolute atomic E-state index is 0.401. The number of aliphatic hydroxyl groups excluding tert-OH is 1. The van der Waals surface area contributed by atoms with E-state index in [1.54, 1.807) is 18.3 Å². The van der Waals surface area contributed by atoms with E-state index in [-0.39, 0.29) is 0 Å². The van der Waals surface area contributed by atoms with Crippen LogP contribution in [0.1, 0.15) is 12.8 Å². The lowest BCUT2D eigenvalue weighted by molar-refractivity contribution is 0.181. The number of hydrogen-bond acceptors (Lipinski definition) is 5. The molecule has 2 rings (SSSR count). The van der Waals surface area contributed by atoms with E-state index in [9.17, 15) is 0 Å². The van der Waals surface area contributed by atoms with E-state index in [1.807, 2.05) is 17.5 Å². The largest absolute Gasteiger partial charge is 0.393 e. The first-order valence-corrected chi connectivity index (χ1v) is 5.18. The van der Waals surface area contributed by atoms with Crippen LogP contribution in [0.5, 0.6) is 0 Å². The maximum absolute atomic E-state index is 9.12. The highest BCUT2D eigenvalue weighted by atomic mass is 32.1. The van der Waals surface area contributed by atoms with Crippen LogP contribution in [-0.2, 0) is 6.42 Å². The summed E-state index contributed by atoms with van der Waals surface area (Å²) in [6.45, 7) is 1.69. The highest BCUT2D eigenvalue weighted by Gasteiger charge is 2.10. The maximum atomic E-state index is 9.12. The number of aliphatic hydroxyl groups is 1. The molecule has 0 aliphatic carbocycles. The smallest absolute Gasteiger partial charge is 0.229 e. The molecule has 2 aromatic rings. The van der Waals surface area contributed by atoms with Crippen molar-refractivity contribution >= 4 is 11.3 Å². The number of aromatic nitrogens is 2. The molecule has 0 aromatic carbocycles. The van der Waals surface area contributed by atoms with E-state index < -0.39 is 6.10 Å². The van der Waals surface area contributed by atoms with Crippen molar-refractivity contribution in [1.29, 1.82) is 0 Å². The molecule has 0 aliphatic rings. The van der Waals surface area contributed by atoms with E-state index in [2.05, 4.69) is 10.1 Å². The van der Waals surface area contributed by atoms with Gasteiger partial charge in [0.25, 0.3) is 0 Å². The Bertz CT molecular complexity index is 395. The summed E-state index contributed by atoms with van der Waals surface area (Å²) in [5.74, 6) is 1.07. The first-order chi connectivity index (χ1) is 6.75. The molecule has 5 heteroatoms. The lowest BCUT2D eigenvalue weighted by Gasteiger charge is -1.95. The molecular formula is C9H10N2O2S. The second-order valence-electron chi connectivity index (χ2n) is 3.04. The lowest BCUT2D eigenvalue weighted by atomic mass is 10.3. The van der Waals surface area contributed by atoms with E-state index in [0.29, 0.717) is 18.1 Å². The van der Waals surface area contributed by atoms with Crippen molar-refractivity contribution in [3.63, 3.8) is 0 Å². The Kier molecular flexibility index (Phi) is 2.60. The lowest BCUT2D eigenvalue weighted by Crippen LogP contribution is -2.04. The van der Waals surface area contributed by atoms with Gasteiger partial charge in [0, 0.05) is 0 Å². The molecule has 1 N–H and O–H groups in total. The summed E-state index contributed by atoms with van der Waals surface area (Å²) in [4.78, 5) is 5.14. The van der Waals surface area contributed by atoms with Gasteiger partial charge in [0.05, 0.1) is 17.4 Å². The van der Waals surface area contributed by atoms with Crippen molar-refractivity contribution in [2.24, 2.45) is 0 Å². The first-order valence-electron chi connectivity index (χ1n) is 4.30. The highest BCUT2D eigenvalue weighted by molar-refractivity contribution is 7.13. The first kappa shape index (κ1) is 9.36. The van der Waals surface area contributed by atoms with Gasteiger partial charge in [-0.1, -0.05) is 11.2 Å². The zero-order valence-corrected chi connectivity index (χ0v) is 8.49. The summed E-state index contributed by atoms with van der Waals surface area (Å²) >= 11 is 1.56. The fourth-order valence-corrected chi connectivity index (χ4v) is 1.75. The monoisotopic (exact) mass is 210 g/mol. The van der Waals surface area contributed by atoms with Crippen LogP contribution in [-0.4, -0.2) is 21.4 Å². The topological polar surface area (TPSA) is 59.2 Å². The summed E-state index contributed by atoms with van der Waals surface area (Å²) < 4.78 is 4.98. The summed E-state index contributed by atoms with van der Waals surface area (Å²) in [5.41, 5.74) is 0. The van der Waals surface area contributed by atoms with Crippen LogP contribution in [0.4, 0.5) is 0 Å². The molecule has 0 amide bonds.